The van der Waals surface area contributed by atoms with Crippen molar-refractivity contribution in [3.05, 3.63) is 34.9 Å². The first-order valence-electron chi connectivity index (χ1n) is 5.42. The number of nitrogens with two attached hydrogens (primary N) is 1. The van der Waals surface area contributed by atoms with E-state index in [1.165, 1.54) is 12.7 Å². The quantitative estimate of drug-likeness (QED) is 0.785. The topological polar surface area (TPSA) is 52.3 Å². The van der Waals surface area contributed by atoms with Gasteiger partial charge in [-0.2, -0.15) is 0 Å². The number of ether oxygens (including phenoxy) is 1. The highest BCUT2D eigenvalue weighted by molar-refractivity contribution is 5.89. The molecule has 94 valence electrons. The van der Waals surface area contributed by atoms with E-state index in [4.69, 9.17) is 10.5 Å². The Morgan fingerprint density at radius 1 is 1.47 bits per heavy atom. The lowest BCUT2D eigenvalue weighted by Crippen LogP contribution is -2.24. The van der Waals surface area contributed by atoms with Crippen LogP contribution in [0.5, 0.6) is 0 Å². The van der Waals surface area contributed by atoms with Crippen LogP contribution in [0.25, 0.3) is 0 Å². The fourth-order valence-electron chi connectivity index (χ4n) is 2.31. The van der Waals surface area contributed by atoms with Crippen LogP contribution in [0.15, 0.2) is 18.2 Å². The molecule has 0 amide bonds. The molecule has 1 atom stereocenters. The summed E-state index contributed by atoms with van der Waals surface area (Å²) in [5.41, 5.74) is 9.14. The maximum Gasteiger partial charge on any atom is 0.337 e. The van der Waals surface area contributed by atoms with Gasteiger partial charge in [0.15, 0.2) is 0 Å². The predicted molar refractivity (Wildman–Crippen MR) is 69.4 cm³/mol. The number of carbonyl (C=O) groups is 1. The second kappa shape index (κ2) is 4.67. The van der Waals surface area contributed by atoms with Crippen LogP contribution >= 0.6 is 12.4 Å². The average molecular weight is 256 g/mol. The molecule has 0 bridgehead atoms. The molecule has 2 rings (SSSR count). The van der Waals surface area contributed by atoms with Gasteiger partial charge < -0.3 is 10.5 Å². The summed E-state index contributed by atoms with van der Waals surface area (Å²) in [6.45, 7) is 4.30. The van der Waals surface area contributed by atoms with Crippen molar-refractivity contribution < 1.29 is 9.53 Å². The number of hydrogen-bond donors (Lipinski definition) is 1. The van der Waals surface area contributed by atoms with Crippen molar-refractivity contribution in [1.29, 1.82) is 0 Å². The van der Waals surface area contributed by atoms with E-state index >= 15 is 0 Å². The summed E-state index contributed by atoms with van der Waals surface area (Å²) >= 11 is 0. The van der Waals surface area contributed by atoms with Gasteiger partial charge in [-0.15, -0.1) is 12.4 Å². The Hall–Kier alpha value is -1.06. The monoisotopic (exact) mass is 255 g/mol. The second-order valence-corrected chi connectivity index (χ2v) is 5.05. The van der Waals surface area contributed by atoms with Crippen molar-refractivity contribution in [2.24, 2.45) is 11.1 Å². The van der Waals surface area contributed by atoms with Gasteiger partial charge in [0.1, 0.15) is 0 Å². The van der Waals surface area contributed by atoms with E-state index in [1.807, 2.05) is 12.1 Å². The fourth-order valence-corrected chi connectivity index (χ4v) is 2.31. The molecule has 0 radical (unpaired) electrons. The minimum absolute atomic E-state index is 0. The maximum absolute atomic E-state index is 11.4. The van der Waals surface area contributed by atoms with Crippen molar-refractivity contribution >= 4 is 18.4 Å². The molecule has 0 spiro atoms. The minimum atomic E-state index is -0.306. The first kappa shape index (κ1) is 14.0. The molecular weight excluding hydrogens is 238 g/mol. The highest BCUT2D eigenvalue weighted by Crippen LogP contribution is 2.43. The lowest BCUT2D eigenvalue weighted by molar-refractivity contribution is 0.0600. The molecule has 0 unspecified atom stereocenters. The smallest absolute Gasteiger partial charge is 0.337 e. The largest absolute Gasteiger partial charge is 0.465 e. The molecule has 0 aromatic heterocycles. The summed E-state index contributed by atoms with van der Waals surface area (Å²) in [5, 5.41) is 0. The summed E-state index contributed by atoms with van der Waals surface area (Å²) in [6.07, 6.45) is 0.963. The number of benzene rings is 1. The van der Waals surface area contributed by atoms with Gasteiger partial charge in [0.25, 0.3) is 0 Å². The van der Waals surface area contributed by atoms with E-state index in [-0.39, 0.29) is 29.8 Å². The van der Waals surface area contributed by atoms with E-state index in [9.17, 15) is 4.79 Å². The SMILES string of the molecule is COC(=O)c1ccc2c(c1)[C@@H](N)C(C)(C)C2.Cl. The standard InChI is InChI=1S/C13H17NO2.ClH/c1-13(2)7-9-5-4-8(12(15)16-3)6-10(9)11(13)14;/h4-6,11H,7,14H2,1-3H3;1H/t11-;/m1./s1. The van der Waals surface area contributed by atoms with Gasteiger partial charge in [0.05, 0.1) is 12.7 Å². The van der Waals surface area contributed by atoms with Crippen LogP contribution in [0, 0.1) is 5.41 Å². The Bertz CT molecular complexity index is 443. The van der Waals surface area contributed by atoms with Gasteiger partial charge in [-0.25, -0.2) is 4.79 Å². The summed E-state index contributed by atoms with van der Waals surface area (Å²) in [6, 6.07) is 5.64. The lowest BCUT2D eigenvalue weighted by Gasteiger charge is -2.23. The Kier molecular flexibility index (Phi) is 3.84. The van der Waals surface area contributed by atoms with Gasteiger partial charge in [0, 0.05) is 6.04 Å². The van der Waals surface area contributed by atoms with Gasteiger partial charge in [-0.3, -0.25) is 0 Å². The van der Waals surface area contributed by atoms with Gasteiger partial charge in [0.2, 0.25) is 0 Å². The molecule has 1 aliphatic rings. The predicted octanol–water partition coefficient (Wildman–Crippen LogP) is 2.48. The van der Waals surface area contributed by atoms with Crippen molar-refractivity contribution in [2.75, 3.05) is 7.11 Å². The Labute approximate surface area is 108 Å². The Morgan fingerprint density at radius 3 is 2.71 bits per heavy atom. The van der Waals surface area contributed by atoms with Crippen molar-refractivity contribution in [2.45, 2.75) is 26.3 Å². The molecule has 4 heteroatoms. The molecule has 1 aromatic carbocycles. The number of esters is 1. The minimum Gasteiger partial charge on any atom is -0.465 e. The molecular formula is C13H18ClNO2. The van der Waals surface area contributed by atoms with E-state index < -0.39 is 0 Å². The van der Waals surface area contributed by atoms with E-state index in [2.05, 4.69) is 13.8 Å². The van der Waals surface area contributed by atoms with Crippen molar-refractivity contribution in [1.82, 2.24) is 0 Å². The molecule has 0 heterocycles. The summed E-state index contributed by atoms with van der Waals surface area (Å²) in [4.78, 5) is 11.4. The van der Waals surface area contributed by atoms with Gasteiger partial charge >= 0.3 is 5.97 Å². The van der Waals surface area contributed by atoms with Crippen LogP contribution in [0.4, 0.5) is 0 Å². The molecule has 17 heavy (non-hydrogen) atoms. The second-order valence-electron chi connectivity index (χ2n) is 5.05. The lowest BCUT2D eigenvalue weighted by atomic mass is 9.86. The first-order chi connectivity index (χ1) is 7.45. The van der Waals surface area contributed by atoms with E-state index in [0.717, 1.165) is 12.0 Å². The van der Waals surface area contributed by atoms with Crippen LogP contribution in [-0.4, -0.2) is 13.1 Å². The number of methoxy groups -OCH3 is 1. The van der Waals surface area contributed by atoms with E-state index in [0.29, 0.717) is 5.56 Å². The highest BCUT2D eigenvalue weighted by Gasteiger charge is 2.36. The average Bonchev–Trinajstić information content (AvgIpc) is 2.48. The summed E-state index contributed by atoms with van der Waals surface area (Å²) in [5.74, 6) is -0.306. The van der Waals surface area contributed by atoms with Crippen LogP contribution in [-0.2, 0) is 11.2 Å². The number of fused-ring (bicyclic) bond motifs is 1. The number of rotatable bonds is 1. The van der Waals surface area contributed by atoms with Crippen LogP contribution in [0.2, 0.25) is 0 Å². The maximum atomic E-state index is 11.4. The molecule has 2 N–H and O–H groups in total. The fraction of sp³-hybridized carbons (Fsp3) is 0.462. The first-order valence-corrected chi connectivity index (χ1v) is 5.42. The Morgan fingerprint density at radius 2 is 2.12 bits per heavy atom. The molecule has 0 fully saturated rings. The zero-order valence-electron chi connectivity index (χ0n) is 10.3. The third kappa shape index (κ3) is 2.31. The van der Waals surface area contributed by atoms with Crippen LogP contribution in [0.1, 0.15) is 41.4 Å². The van der Waals surface area contributed by atoms with Crippen molar-refractivity contribution in [3.8, 4) is 0 Å². The molecule has 0 saturated heterocycles. The third-order valence-electron chi connectivity index (χ3n) is 3.39. The Balaban J connectivity index is 0.00000144. The van der Waals surface area contributed by atoms with Gasteiger partial charge in [-0.05, 0) is 35.1 Å². The zero-order valence-corrected chi connectivity index (χ0v) is 11.1. The summed E-state index contributed by atoms with van der Waals surface area (Å²) in [7, 11) is 1.39. The third-order valence-corrected chi connectivity index (χ3v) is 3.39. The molecule has 1 aromatic rings. The van der Waals surface area contributed by atoms with Crippen LogP contribution in [0.3, 0.4) is 0 Å². The molecule has 3 nitrogen and oxygen atoms in total. The van der Waals surface area contributed by atoms with E-state index in [1.54, 1.807) is 6.07 Å². The summed E-state index contributed by atoms with van der Waals surface area (Å²) < 4.78 is 4.70. The zero-order chi connectivity index (χ0) is 11.9. The normalized spacial score (nSPS) is 20.4. The highest BCUT2D eigenvalue weighted by atomic mass is 35.5. The van der Waals surface area contributed by atoms with Crippen LogP contribution < -0.4 is 5.73 Å². The molecule has 0 aliphatic heterocycles. The van der Waals surface area contributed by atoms with Gasteiger partial charge in [-0.1, -0.05) is 19.9 Å². The number of halogens is 1. The molecule has 1 aliphatic carbocycles. The molecule has 0 saturated carbocycles. The number of carbonyl (C=O) groups excluding carboxylic acids is 1. The number of hydrogen-bond acceptors (Lipinski definition) is 3. The van der Waals surface area contributed by atoms with Crippen molar-refractivity contribution in [3.63, 3.8) is 0 Å².